The van der Waals surface area contributed by atoms with Crippen molar-refractivity contribution in [1.29, 1.82) is 0 Å². The molecule has 1 unspecified atom stereocenters. The molecule has 120 valence electrons. The number of rotatable bonds is 9. The number of hydrogen-bond acceptors (Lipinski definition) is 5. The van der Waals surface area contributed by atoms with Crippen molar-refractivity contribution in [3.8, 4) is 11.5 Å². The summed E-state index contributed by atoms with van der Waals surface area (Å²) < 4.78 is 12.8. The lowest BCUT2D eigenvalue weighted by molar-refractivity contribution is 0.104. The van der Waals surface area contributed by atoms with Gasteiger partial charge in [-0.25, -0.2) is 4.68 Å². The lowest BCUT2D eigenvalue weighted by Gasteiger charge is -2.15. The Morgan fingerprint density at radius 2 is 1.86 bits per heavy atom. The molecule has 0 amide bonds. The first kappa shape index (κ1) is 16.3. The molecule has 2 aromatic rings. The van der Waals surface area contributed by atoms with Crippen molar-refractivity contribution in [2.75, 3.05) is 13.2 Å². The normalized spacial score (nSPS) is 12.4. The smallest absolute Gasteiger partial charge is 0.180 e. The third-order valence-corrected chi connectivity index (χ3v) is 2.95. The Balaban J connectivity index is 1.72. The van der Waals surface area contributed by atoms with Gasteiger partial charge in [-0.3, -0.25) is 0 Å². The molecule has 22 heavy (non-hydrogen) atoms. The topological polar surface area (TPSA) is 68.5 Å². The van der Waals surface area contributed by atoms with Crippen molar-refractivity contribution in [1.82, 2.24) is 15.1 Å². The van der Waals surface area contributed by atoms with Crippen LogP contribution >= 0.6 is 0 Å². The molecular weight excluding hydrogens is 282 g/mol. The summed E-state index contributed by atoms with van der Waals surface area (Å²) in [5, 5.41) is 17.0. The molecule has 1 aromatic carbocycles. The Morgan fingerprint density at radius 1 is 1.18 bits per heavy atom. The summed E-state index contributed by atoms with van der Waals surface area (Å²) in [4.78, 5) is 0. The minimum absolute atomic E-state index is 0.257. The van der Waals surface area contributed by atoms with E-state index in [1.807, 2.05) is 50.4 Å². The van der Waals surface area contributed by atoms with E-state index in [9.17, 15) is 5.11 Å². The van der Waals surface area contributed by atoms with E-state index in [-0.39, 0.29) is 6.61 Å². The summed E-state index contributed by atoms with van der Waals surface area (Å²) in [6.07, 6.45) is 3.02. The van der Waals surface area contributed by atoms with Crippen LogP contribution in [0.3, 0.4) is 0 Å². The van der Waals surface area contributed by atoms with E-state index < -0.39 is 6.10 Å². The van der Waals surface area contributed by atoms with Crippen LogP contribution in [0, 0.1) is 0 Å². The maximum Gasteiger partial charge on any atom is 0.180 e. The molecule has 2 N–H and O–H groups in total. The fourth-order valence-corrected chi connectivity index (χ4v) is 1.77. The first-order valence-electron chi connectivity index (χ1n) is 7.38. The van der Waals surface area contributed by atoms with Crippen LogP contribution in [-0.4, -0.2) is 40.2 Å². The van der Waals surface area contributed by atoms with Crippen molar-refractivity contribution in [2.24, 2.45) is 0 Å². The summed E-state index contributed by atoms with van der Waals surface area (Å²) in [7, 11) is 0. The molecule has 1 heterocycles. The molecule has 0 saturated heterocycles. The van der Waals surface area contributed by atoms with Crippen molar-refractivity contribution >= 4 is 0 Å². The van der Waals surface area contributed by atoms with Gasteiger partial charge in [-0.1, -0.05) is 13.8 Å². The van der Waals surface area contributed by atoms with Crippen molar-refractivity contribution in [3.63, 3.8) is 0 Å². The molecule has 0 radical (unpaired) electrons. The number of benzene rings is 1. The number of nitrogens with one attached hydrogen (secondary N) is 1. The molecule has 2 rings (SSSR count). The second-order valence-electron chi connectivity index (χ2n) is 5.32. The van der Waals surface area contributed by atoms with E-state index in [0.717, 1.165) is 5.75 Å². The molecule has 6 heteroatoms. The number of aliphatic hydroxyl groups is 1. The van der Waals surface area contributed by atoms with Crippen LogP contribution in [0.5, 0.6) is 11.5 Å². The average Bonchev–Trinajstić information content (AvgIpc) is 3.03. The molecule has 1 aromatic heterocycles. The molecule has 0 bridgehead atoms. The predicted octanol–water partition coefficient (Wildman–Crippen LogP) is 1.66. The maximum atomic E-state index is 9.78. The molecule has 0 aliphatic carbocycles. The highest BCUT2D eigenvalue weighted by Gasteiger charge is 2.06. The second-order valence-corrected chi connectivity index (χ2v) is 5.32. The molecule has 6 nitrogen and oxygen atoms in total. The van der Waals surface area contributed by atoms with Crippen LogP contribution in [0.4, 0.5) is 0 Å². The Kier molecular flexibility index (Phi) is 6.24. The first-order valence-corrected chi connectivity index (χ1v) is 7.38. The Morgan fingerprint density at radius 3 is 2.45 bits per heavy atom. The summed E-state index contributed by atoms with van der Waals surface area (Å²) in [6, 6.07) is 9.50. The molecule has 0 fully saturated rings. The van der Waals surface area contributed by atoms with Crippen molar-refractivity contribution in [2.45, 2.75) is 32.7 Å². The zero-order valence-corrected chi connectivity index (χ0v) is 13.0. The molecule has 0 aliphatic heterocycles. The highest BCUT2D eigenvalue weighted by Crippen LogP contribution is 2.18. The van der Waals surface area contributed by atoms with Gasteiger partial charge in [0, 0.05) is 25.0 Å². The monoisotopic (exact) mass is 305 g/mol. The molecule has 1 atom stereocenters. The third kappa shape index (κ3) is 5.75. The number of nitrogens with zero attached hydrogens (tertiary/aromatic N) is 2. The van der Waals surface area contributed by atoms with Gasteiger partial charge in [0.25, 0.3) is 0 Å². The number of aliphatic hydroxyl groups excluding tert-OH is 1. The molecule has 0 aliphatic rings. The Bertz CT molecular complexity index is 526. The molecule has 0 saturated carbocycles. The summed E-state index contributed by atoms with van der Waals surface area (Å²) in [5.74, 6) is 1.44. The Labute approximate surface area is 130 Å². The molecule has 0 spiro atoms. The lowest BCUT2D eigenvalue weighted by atomic mass is 10.3. The summed E-state index contributed by atoms with van der Waals surface area (Å²) in [6.45, 7) is 5.22. The zero-order chi connectivity index (χ0) is 15.8. The van der Waals surface area contributed by atoms with E-state index in [1.54, 1.807) is 10.9 Å². The Hall–Kier alpha value is -2.05. The minimum atomic E-state index is -0.529. The van der Waals surface area contributed by atoms with Gasteiger partial charge in [0.2, 0.25) is 0 Å². The van der Waals surface area contributed by atoms with Crippen LogP contribution in [0.1, 0.15) is 13.8 Å². The molecular formula is C16H23N3O3. The van der Waals surface area contributed by atoms with Gasteiger partial charge in [-0.05, 0) is 30.3 Å². The van der Waals surface area contributed by atoms with Crippen LogP contribution in [0.25, 0.3) is 0 Å². The van der Waals surface area contributed by atoms with Crippen LogP contribution in [0.15, 0.2) is 42.7 Å². The highest BCUT2D eigenvalue weighted by molar-refractivity contribution is 5.31. The number of ether oxygens (including phenoxy) is 2. The summed E-state index contributed by atoms with van der Waals surface area (Å²) in [5.41, 5.74) is 0. The van der Waals surface area contributed by atoms with Gasteiger partial charge >= 0.3 is 0 Å². The van der Waals surface area contributed by atoms with Crippen LogP contribution in [-0.2, 0) is 6.73 Å². The SMILES string of the molecule is CC(C)NCC(O)COc1ccc(OCn2cccn2)cc1. The first-order chi connectivity index (χ1) is 10.6. The van der Waals surface area contributed by atoms with Crippen molar-refractivity contribution in [3.05, 3.63) is 42.7 Å². The van der Waals surface area contributed by atoms with Gasteiger partial charge in [0.1, 0.15) is 24.2 Å². The largest absolute Gasteiger partial charge is 0.491 e. The van der Waals surface area contributed by atoms with Crippen LogP contribution in [0.2, 0.25) is 0 Å². The fourth-order valence-electron chi connectivity index (χ4n) is 1.77. The summed E-state index contributed by atoms with van der Waals surface area (Å²) >= 11 is 0. The highest BCUT2D eigenvalue weighted by atomic mass is 16.5. The van der Waals surface area contributed by atoms with Crippen molar-refractivity contribution < 1.29 is 14.6 Å². The second kappa shape index (κ2) is 8.41. The number of aromatic nitrogens is 2. The van der Waals surface area contributed by atoms with E-state index in [0.29, 0.717) is 25.1 Å². The van der Waals surface area contributed by atoms with Crippen LogP contribution < -0.4 is 14.8 Å². The van der Waals surface area contributed by atoms with E-state index in [2.05, 4.69) is 10.4 Å². The van der Waals surface area contributed by atoms with Gasteiger partial charge in [-0.15, -0.1) is 0 Å². The van der Waals surface area contributed by atoms with E-state index in [1.165, 1.54) is 0 Å². The number of hydrogen-bond donors (Lipinski definition) is 2. The van der Waals surface area contributed by atoms with Gasteiger partial charge in [-0.2, -0.15) is 5.10 Å². The average molecular weight is 305 g/mol. The zero-order valence-electron chi connectivity index (χ0n) is 13.0. The standard InChI is InChI=1S/C16H23N3O3/c1-13(2)17-10-14(20)11-21-15-4-6-16(7-5-15)22-12-19-9-3-8-18-19/h3-9,13-14,17,20H,10-12H2,1-2H3. The van der Waals surface area contributed by atoms with Gasteiger partial charge in [0.15, 0.2) is 6.73 Å². The van der Waals surface area contributed by atoms with Gasteiger partial charge in [0.05, 0.1) is 0 Å². The fraction of sp³-hybridized carbons (Fsp3) is 0.438. The van der Waals surface area contributed by atoms with E-state index >= 15 is 0 Å². The van der Waals surface area contributed by atoms with Gasteiger partial charge < -0.3 is 19.9 Å². The minimum Gasteiger partial charge on any atom is -0.491 e. The predicted molar refractivity (Wildman–Crippen MR) is 83.9 cm³/mol. The maximum absolute atomic E-state index is 9.78. The third-order valence-electron chi connectivity index (χ3n) is 2.95. The lowest BCUT2D eigenvalue weighted by Crippen LogP contribution is -2.35. The quantitative estimate of drug-likeness (QED) is 0.737. The van der Waals surface area contributed by atoms with E-state index in [4.69, 9.17) is 9.47 Å².